The quantitative estimate of drug-likeness (QED) is 0.459. The summed E-state index contributed by atoms with van der Waals surface area (Å²) in [5.41, 5.74) is 0.975. The van der Waals surface area contributed by atoms with Gasteiger partial charge in [-0.2, -0.15) is 0 Å². The van der Waals surface area contributed by atoms with E-state index in [1.807, 2.05) is 30.3 Å². The Kier molecular flexibility index (Phi) is 4.94. The van der Waals surface area contributed by atoms with Gasteiger partial charge in [-0.05, 0) is 42.0 Å². The molecule has 1 fully saturated rings. The molecular formula is C19H13Br2NO3S. The van der Waals surface area contributed by atoms with Crippen molar-refractivity contribution >= 4 is 60.5 Å². The van der Waals surface area contributed by atoms with Crippen LogP contribution in [0.3, 0.4) is 0 Å². The van der Waals surface area contributed by atoms with Crippen LogP contribution in [-0.4, -0.2) is 23.1 Å². The van der Waals surface area contributed by atoms with Gasteiger partial charge in [-0.1, -0.05) is 44.0 Å². The smallest absolute Gasteiger partial charge is 0.349 e. The van der Waals surface area contributed by atoms with E-state index in [-0.39, 0.29) is 16.8 Å². The maximum atomic E-state index is 13.1. The minimum Gasteiger partial charge on any atom is -0.422 e. The molecule has 0 aliphatic carbocycles. The molecule has 1 aliphatic rings. The van der Waals surface area contributed by atoms with Crippen LogP contribution in [0.4, 0.5) is 0 Å². The average molecular weight is 495 g/mol. The molecular weight excluding hydrogens is 482 g/mol. The summed E-state index contributed by atoms with van der Waals surface area (Å²) in [6.45, 7) is 0.597. The van der Waals surface area contributed by atoms with E-state index in [1.165, 1.54) is 0 Å². The second kappa shape index (κ2) is 7.21. The monoisotopic (exact) mass is 493 g/mol. The zero-order valence-electron chi connectivity index (χ0n) is 13.4. The zero-order chi connectivity index (χ0) is 18.3. The Morgan fingerprint density at radius 2 is 1.81 bits per heavy atom. The first kappa shape index (κ1) is 17.8. The molecule has 4 nitrogen and oxygen atoms in total. The molecule has 1 atom stereocenters. The number of carbonyl (C=O) groups excluding carboxylic acids is 1. The van der Waals surface area contributed by atoms with Gasteiger partial charge in [0.15, 0.2) is 0 Å². The molecule has 0 spiro atoms. The summed E-state index contributed by atoms with van der Waals surface area (Å²) >= 11 is 8.52. The van der Waals surface area contributed by atoms with Crippen LogP contribution in [0.2, 0.25) is 0 Å². The molecule has 2 aromatic carbocycles. The van der Waals surface area contributed by atoms with E-state index >= 15 is 0 Å². The SMILES string of the molecule is O=C(c1cc2cc(Br)ccc2oc1=O)N1CCSC1c1ccc(Br)cc1. The molecule has 0 bridgehead atoms. The number of fused-ring (bicyclic) bond motifs is 1. The number of benzene rings is 2. The van der Waals surface area contributed by atoms with Crippen molar-refractivity contribution in [2.45, 2.75) is 5.37 Å². The maximum Gasteiger partial charge on any atom is 0.349 e. The lowest BCUT2D eigenvalue weighted by Crippen LogP contribution is -2.33. The highest BCUT2D eigenvalue weighted by molar-refractivity contribution is 9.10. The standard InChI is InChI=1S/C19H13Br2NO3S/c20-13-3-1-11(2-4-13)18-22(7-8-26-18)17(23)15-10-12-9-14(21)5-6-16(12)25-19(15)24/h1-6,9-10,18H,7-8H2. The van der Waals surface area contributed by atoms with Crippen LogP contribution in [0, 0.1) is 0 Å². The van der Waals surface area contributed by atoms with Gasteiger partial charge in [0, 0.05) is 26.6 Å². The molecule has 4 rings (SSSR count). The van der Waals surface area contributed by atoms with Crippen molar-refractivity contribution in [3.8, 4) is 0 Å². The number of hydrogen-bond acceptors (Lipinski definition) is 4. The first-order chi connectivity index (χ1) is 12.5. The minimum absolute atomic E-state index is 0.0696. The van der Waals surface area contributed by atoms with Crippen LogP contribution >= 0.6 is 43.6 Å². The van der Waals surface area contributed by atoms with Crippen molar-refractivity contribution in [3.05, 3.63) is 79.0 Å². The topological polar surface area (TPSA) is 50.5 Å². The third-order valence-electron chi connectivity index (χ3n) is 4.23. The van der Waals surface area contributed by atoms with Crippen molar-refractivity contribution in [2.75, 3.05) is 12.3 Å². The van der Waals surface area contributed by atoms with E-state index in [9.17, 15) is 9.59 Å². The summed E-state index contributed by atoms with van der Waals surface area (Å²) in [6, 6.07) is 14.9. The lowest BCUT2D eigenvalue weighted by molar-refractivity contribution is 0.0756. The second-order valence-electron chi connectivity index (χ2n) is 5.90. The lowest BCUT2D eigenvalue weighted by atomic mass is 10.1. The Balaban J connectivity index is 1.72. The molecule has 2 heterocycles. The highest BCUT2D eigenvalue weighted by atomic mass is 79.9. The van der Waals surface area contributed by atoms with Crippen molar-refractivity contribution in [2.24, 2.45) is 0 Å². The predicted molar refractivity (Wildman–Crippen MR) is 111 cm³/mol. The fourth-order valence-electron chi connectivity index (χ4n) is 2.98. The molecule has 132 valence electrons. The minimum atomic E-state index is -0.601. The van der Waals surface area contributed by atoms with E-state index in [0.29, 0.717) is 12.1 Å². The van der Waals surface area contributed by atoms with Gasteiger partial charge in [-0.15, -0.1) is 11.8 Å². The zero-order valence-corrected chi connectivity index (χ0v) is 17.4. The van der Waals surface area contributed by atoms with Gasteiger partial charge >= 0.3 is 5.63 Å². The third kappa shape index (κ3) is 3.35. The van der Waals surface area contributed by atoms with E-state index in [1.54, 1.807) is 34.9 Å². The number of carbonyl (C=O) groups is 1. The number of nitrogens with zero attached hydrogens (tertiary/aromatic N) is 1. The first-order valence-electron chi connectivity index (χ1n) is 7.94. The first-order valence-corrected chi connectivity index (χ1v) is 10.6. The van der Waals surface area contributed by atoms with E-state index in [0.717, 1.165) is 25.6 Å². The van der Waals surface area contributed by atoms with Gasteiger partial charge in [-0.25, -0.2) is 4.79 Å². The van der Waals surface area contributed by atoms with E-state index < -0.39 is 5.63 Å². The number of amides is 1. The molecule has 0 N–H and O–H groups in total. The molecule has 0 saturated carbocycles. The van der Waals surface area contributed by atoms with Crippen LogP contribution in [0.1, 0.15) is 21.3 Å². The van der Waals surface area contributed by atoms with Crippen LogP contribution < -0.4 is 5.63 Å². The maximum absolute atomic E-state index is 13.1. The molecule has 26 heavy (non-hydrogen) atoms. The summed E-state index contributed by atoms with van der Waals surface area (Å²) in [7, 11) is 0. The molecule has 3 aromatic rings. The molecule has 1 aromatic heterocycles. The summed E-state index contributed by atoms with van der Waals surface area (Å²) in [4.78, 5) is 27.2. The van der Waals surface area contributed by atoms with E-state index in [4.69, 9.17) is 4.42 Å². The summed E-state index contributed by atoms with van der Waals surface area (Å²) in [6.07, 6.45) is 0. The molecule has 1 unspecified atom stereocenters. The van der Waals surface area contributed by atoms with Crippen molar-refractivity contribution in [1.82, 2.24) is 4.90 Å². The van der Waals surface area contributed by atoms with Crippen LogP contribution in [0.25, 0.3) is 11.0 Å². The molecule has 0 radical (unpaired) electrons. The Labute approximate surface area is 170 Å². The Morgan fingerprint density at radius 1 is 1.08 bits per heavy atom. The highest BCUT2D eigenvalue weighted by Gasteiger charge is 2.32. The molecule has 1 saturated heterocycles. The second-order valence-corrected chi connectivity index (χ2v) is 8.92. The molecule has 1 aliphatic heterocycles. The fourth-order valence-corrected chi connectivity index (χ4v) is 4.88. The number of thioether (sulfide) groups is 1. The average Bonchev–Trinajstić information content (AvgIpc) is 3.11. The number of halogens is 2. The summed E-state index contributed by atoms with van der Waals surface area (Å²) < 4.78 is 7.20. The Bertz CT molecular complexity index is 1050. The van der Waals surface area contributed by atoms with E-state index in [2.05, 4.69) is 31.9 Å². The highest BCUT2D eigenvalue weighted by Crippen LogP contribution is 2.39. The fraction of sp³-hybridized carbons (Fsp3) is 0.158. The largest absolute Gasteiger partial charge is 0.422 e. The van der Waals surface area contributed by atoms with Gasteiger partial charge in [0.2, 0.25) is 0 Å². The molecule has 1 amide bonds. The van der Waals surface area contributed by atoms with Crippen LogP contribution in [0.5, 0.6) is 0 Å². The normalized spacial score (nSPS) is 17.0. The van der Waals surface area contributed by atoms with Gasteiger partial charge < -0.3 is 9.32 Å². The number of rotatable bonds is 2. The van der Waals surface area contributed by atoms with Crippen LogP contribution in [-0.2, 0) is 0 Å². The summed E-state index contributed by atoms with van der Waals surface area (Å²) in [5, 5.41) is 0.613. The van der Waals surface area contributed by atoms with Crippen LogP contribution in [0.15, 0.2) is 66.7 Å². The Hall–Kier alpha value is -1.57. The molecule has 7 heteroatoms. The van der Waals surface area contributed by atoms with Gasteiger partial charge in [0.25, 0.3) is 5.91 Å². The number of hydrogen-bond donors (Lipinski definition) is 0. The van der Waals surface area contributed by atoms with Gasteiger partial charge in [-0.3, -0.25) is 4.79 Å². The lowest BCUT2D eigenvalue weighted by Gasteiger charge is -2.24. The summed E-state index contributed by atoms with van der Waals surface area (Å²) in [5.74, 6) is 0.537. The van der Waals surface area contributed by atoms with Gasteiger partial charge in [0.05, 0.1) is 0 Å². The van der Waals surface area contributed by atoms with Crippen molar-refractivity contribution < 1.29 is 9.21 Å². The Morgan fingerprint density at radius 3 is 2.58 bits per heavy atom. The van der Waals surface area contributed by atoms with Gasteiger partial charge in [0.1, 0.15) is 16.5 Å². The third-order valence-corrected chi connectivity index (χ3v) is 6.51. The van der Waals surface area contributed by atoms with Crippen molar-refractivity contribution in [1.29, 1.82) is 0 Å². The predicted octanol–water partition coefficient (Wildman–Crippen LogP) is 5.21. The van der Waals surface area contributed by atoms with Crippen molar-refractivity contribution in [3.63, 3.8) is 0 Å².